The van der Waals surface area contributed by atoms with Gasteiger partial charge in [0.05, 0.1) is 5.69 Å². The highest BCUT2D eigenvalue weighted by Crippen LogP contribution is 2.33. The topological polar surface area (TPSA) is 32.7 Å². The molecular weight excluding hydrogens is 388 g/mol. The van der Waals surface area contributed by atoms with Gasteiger partial charge < -0.3 is 4.90 Å². The van der Waals surface area contributed by atoms with Gasteiger partial charge in [-0.15, -0.1) is 0 Å². The Balaban J connectivity index is 1.62. The molecule has 4 rings (SSSR count). The van der Waals surface area contributed by atoms with Crippen molar-refractivity contribution in [3.05, 3.63) is 58.1 Å². The van der Waals surface area contributed by atoms with Gasteiger partial charge in [0.15, 0.2) is 0 Å². The summed E-state index contributed by atoms with van der Waals surface area (Å²) in [6.07, 6.45) is 5.22. The van der Waals surface area contributed by atoms with E-state index in [0.29, 0.717) is 0 Å². The Labute approximate surface area is 162 Å². The molecule has 2 aliphatic heterocycles. The van der Waals surface area contributed by atoms with Crippen LogP contribution in [0.2, 0.25) is 0 Å². The summed E-state index contributed by atoms with van der Waals surface area (Å²) in [4.78, 5) is 19.1. The fourth-order valence-corrected chi connectivity index (χ4v) is 4.22. The molecule has 0 spiro atoms. The monoisotopic (exact) mass is 408 g/mol. The van der Waals surface area contributed by atoms with E-state index in [9.17, 15) is 4.79 Å². The molecule has 2 heterocycles. The Kier molecular flexibility index (Phi) is 4.77. The highest BCUT2D eigenvalue weighted by Gasteiger charge is 2.19. The van der Waals surface area contributed by atoms with E-state index in [4.69, 9.17) is 4.99 Å². The molecule has 0 bridgehead atoms. The molecule has 1 saturated heterocycles. The van der Waals surface area contributed by atoms with Crippen LogP contribution in [0.5, 0.6) is 0 Å². The summed E-state index contributed by atoms with van der Waals surface area (Å²) in [7, 11) is 0. The Morgan fingerprint density at radius 1 is 1.04 bits per heavy atom. The van der Waals surface area contributed by atoms with Gasteiger partial charge in [0.1, 0.15) is 0 Å². The number of nitrogens with zero attached hydrogens (tertiary/aromatic N) is 2. The number of benzene rings is 2. The van der Waals surface area contributed by atoms with Crippen LogP contribution in [-0.4, -0.2) is 29.6 Å². The van der Waals surface area contributed by atoms with Crippen LogP contribution in [0.4, 0.5) is 5.69 Å². The molecule has 4 heteroatoms. The molecule has 2 aromatic carbocycles. The Bertz CT molecular complexity index is 906. The van der Waals surface area contributed by atoms with Gasteiger partial charge in [0, 0.05) is 40.8 Å². The first-order valence-electron chi connectivity index (χ1n) is 9.04. The van der Waals surface area contributed by atoms with Crippen LogP contribution in [0.25, 0.3) is 17.2 Å². The molecule has 0 saturated carbocycles. The number of carbonyl (C=O) groups is 1. The van der Waals surface area contributed by atoms with Gasteiger partial charge in [-0.05, 0) is 61.2 Å². The van der Waals surface area contributed by atoms with Gasteiger partial charge >= 0.3 is 0 Å². The lowest BCUT2D eigenvalue weighted by Crippen LogP contribution is -2.27. The third kappa shape index (κ3) is 3.51. The highest BCUT2D eigenvalue weighted by atomic mass is 79.9. The van der Waals surface area contributed by atoms with Crippen LogP contribution in [0.1, 0.15) is 42.1 Å². The first kappa shape index (κ1) is 17.2. The maximum Gasteiger partial charge on any atom is 0.253 e. The molecule has 2 aliphatic rings. The van der Waals surface area contributed by atoms with Gasteiger partial charge in [0.2, 0.25) is 0 Å². The molecule has 132 valence electrons. The number of rotatable bonds is 2. The minimum atomic E-state index is 0.146. The minimum absolute atomic E-state index is 0.146. The first-order valence-corrected chi connectivity index (χ1v) is 9.83. The van der Waals surface area contributed by atoms with E-state index < -0.39 is 0 Å². The number of allylic oxidation sites excluding steroid dienone is 1. The summed E-state index contributed by atoms with van der Waals surface area (Å²) in [6.45, 7) is 3.81. The first-order chi connectivity index (χ1) is 12.6. The maximum absolute atomic E-state index is 12.5. The fourth-order valence-electron chi connectivity index (χ4n) is 3.57. The van der Waals surface area contributed by atoms with Crippen molar-refractivity contribution in [2.75, 3.05) is 13.1 Å². The number of amides is 1. The fraction of sp³-hybridized carbons (Fsp3) is 0.273. The number of likely N-dealkylation sites (tertiary alicyclic amines) is 1. The van der Waals surface area contributed by atoms with Crippen molar-refractivity contribution in [1.29, 1.82) is 0 Å². The van der Waals surface area contributed by atoms with E-state index in [1.165, 1.54) is 0 Å². The van der Waals surface area contributed by atoms with Crippen molar-refractivity contribution < 1.29 is 4.79 Å². The normalized spacial score (nSPS) is 16.6. The SMILES string of the molecule is CC1=Nc2ccc(-c3ccc(C(=O)N4CCCC4)cc3)cc2C=C(Br)C1. The van der Waals surface area contributed by atoms with Crippen LogP contribution in [-0.2, 0) is 0 Å². The third-order valence-electron chi connectivity index (χ3n) is 4.93. The second-order valence-corrected chi connectivity index (χ2v) is 7.98. The number of hydrogen-bond donors (Lipinski definition) is 0. The Morgan fingerprint density at radius 3 is 2.46 bits per heavy atom. The zero-order valence-corrected chi connectivity index (χ0v) is 16.4. The van der Waals surface area contributed by atoms with E-state index in [0.717, 1.165) is 70.5 Å². The number of halogens is 1. The maximum atomic E-state index is 12.5. The van der Waals surface area contributed by atoms with Crippen molar-refractivity contribution in [3.8, 4) is 11.1 Å². The molecule has 3 nitrogen and oxygen atoms in total. The lowest BCUT2D eigenvalue weighted by Gasteiger charge is -2.15. The predicted octanol–water partition coefficient (Wildman–Crippen LogP) is 5.82. The molecule has 0 unspecified atom stereocenters. The largest absolute Gasteiger partial charge is 0.339 e. The predicted molar refractivity (Wildman–Crippen MR) is 111 cm³/mol. The van der Waals surface area contributed by atoms with Crippen LogP contribution < -0.4 is 0 Å². The lowest BCUT2D eigenvalue weighted by atomic mass is 10.0. The van der Waals surface area contributed by atoms with E-state index in [1.807, 2.05) is 36.1 Å². The van der Waals surface area contributed by atoms with Gasteiger partial charge in [-0.1, -0.05) is 34.1 Å². The van der Waals surface area contributed by atoms with Gasteiger partial charge in [-0.25, -0.2) is 0 Å². The molecule has 0 aromatic heterocycles. The molecule has 1 fully saturated rings. The second-order valence-electron chi connectivity index (χ2n) is 6.97. The van der Waals surface area contributed by atoms with E-state index in [2.05, 4.69) is 40.2 Å². The minimum Gasteiger partial charge on any atom is -0.339 e. The summed E-state index contributed by atoms with van der Waals surface area (Å²) in [5.74, 6) is 0.146. The zero-order chi connectivity index (χ0) is 18.1. The summed E-state index contributed by atoms with van der Waals surface area (Å²) in [6, 6.07) is 14.3. The number of fused-ring (bicyclic) bond motifs is 1. The van der Waals surface area contributed by atoms with Gasteiger partial charge in [0.25, 0.3) is 5.91 Å². The van der Waals surface area contributed by atoms with Gasteiger partial charge in [-0.2, -0.15) is 0 Å². The molecule has 1 amide bonds. The summed E-state index contributed by atoms with van der Waals surface area (Å²) in [5.41, 5.74) is 6.23. The lowest BCUT2D eigenvalue weighted by molar-refractivity contribution is 0.0793. The quantitative estimate of drug-likeness (QED) is 0.615. The molecule has 26 heavy (non-hydrogen) atoms. The van der Waals surface area contributed by atoms with E-state index in [1.54, 1.807) is 0 Å². The molecule has 0 radical (unpaired) electrons. The van der Waals surface area contributed by atoms with Crippen molar-refractivity contribution in [1.82, 2.24) is 4.90 Å². The van der Waals surface area contributed by atoms with Crippen LogP contribution >= 0.6 is 15.9 Å². The number of hydrogen-bond acceptors (Lipinski definition) is 2. The van der Waals surface area contributed by atoms with Crippen LogP contribution in [0.3, 0.4) is 0 Å². The molecule has 0 N–H and O–H groups in total. The number of aliphatic imine (C=N–C) groups is 1. The second kappa shape index (κ2) is 7.20. The standard InChI is InChI=1S/C22H21BrN2O/c1-15-12-20(23)14-19-13-18(8-9-21(19)24-15)16-4-6-17(7-5-16)22(26)25-10-2-3-11-25/h4-9,13-14H,2-3,10-12H2,1H3. The average molecular weight is 409 g/mol. The summed E-state index contributed by atoms with van der Waals surface area (Å²) in [5, 5.41) is 0. The van der Waals surface area contributed by atoms with Crippen molar-refractivity contribution in [3.63, 3.8) is 0 Å². The van der Waals surface area contributed by atoms with Crippen LogP contribution in [0, 0.1) is 0 Å². The smallest absolute Gasteiger partial charge is 0.253 e. The summed E-state index contributed by atoms with van der Waals surface area (Å²) < 4.78 is 1.14. The Morgan fingerprint density at radius 2 is 1.73 bits per heavy atom. The zero-order valence-electron chi connectivity index (χ0n) is 14.8. The number of carbonyl (C=O) groups excluding carboxylic acids is 1. The van der Waals surface area contributed by atoms with Gasteiger partial charge in [-0.3, -0.25) is 9.79 Å². The molecular formula is C22H21BrN2O. The third-order valence-corrected chi connectivity index (χ3v) is 5.44. The van der Waals surface area contributed by atoms with Crippen molar-refractivity contribution in [2.45, 2.75) is 26.2 Å². The van der Waals surface area contributed by atoms with Crippen LogP contribution in [0.15, 0.2) is 51.9 Å². The molecule has 0 aliphatic carbocycles. The Hall–Kier alpha value is -2.20. The molecule has 0 atom stereocenters. The van der Waals surface area contributed by atoms with Crippen molar-refractivity contribution in [2.24, 2.45) is 4.99 Å². The highest BCUT2D eigenvalue weighted by molar-refractivity contribution is 9.11. The summed E-state index contributed by atoms with van der Waals surface area (Å²) >= 11 is 3.63. The van der Waals surface area contributed by atoms with E-state index >= 15 is 0 Å². The average Bonchev–Trinajstić information content (AvgIpc) is 3.12. The van der Waals surface area contributed by atoms with Crippen molar-refractivity contribution >= 4 is 39.3 Å². The molecule has 2 aromatic rings. The van der Waals surface area contributed by atoms with E-state index in [-0.39, 0.29) is 5.91 Å².